The zero-order valence-corrected chi connectivity index (χ0v) is 15.2. The second-order valence-electron chi connectivity index (χ2n) is 6.39. The van der Waals surface area contributed by atoms with Gasteiger partial charge in [0.25, 0.3) is 0 Å². The van der Waals surface area contributed by atoms with E-state index in [1.54, 1.807) is 6.08 Å². The lowest BCUT2D eigenvalue weighted by atomic mass is 10.0. The first-order valence-electron chi connectivity index (χ1n) is 8.21. The number of ether oxygens (including phenoxy) is 3. The third-order valence-corrected chi connectivity index (χ3v) is 3.14. The molecule has 0 radical (unpaired) electrons. The van der Waals surface area contributed by atoms with Crippen molar-refractivity contribution < 1.29 is 19.0 Å². The molecule has 3 atom stereocenters. The van der Waals surface area contributed by atoms with Crippen molar-refractivity contribution in [3.8, 4) is 0 Å². The van der Waals surface area contributed by atoms with Crippen molar-refractivity contribution in [3.63, 3.8) is 0 Å². The van der Waals surface area contributed by atoms with E-state index in [0.717, 1.165) is 5.56 Å². The van der Waals surface area contributed by atoms with E-state index in [-0.39, 0.29) is 0 Å². The molecule has 3 unspecified atom stereocenters. The van der Waals surface area contributed by atoms with Gasteiger partial charge in [-0.05, 0) is 40.2 Å². The van der Waals surface area contributed by atoms with Gasteiger partial charge < -0.3 is 19.5 Å². The first-order valence-corrected chi connectivity index (χ1v) is 8.21. The largest absolute Gasteiger partial charge is 0.444 e. The molecule has 1 rings (SSSR count). The van der Waals surface area contributed by atoms with Crippen LogP contribution in [0.15, 0.2) is 43.0 Å². The van der Waals surface area contributed by atoms with Crippen molar-refractivity contribution in [1.29, 1.82) is 0 Å². The van der Waals surface area contributed by atoms with E-state index in [4.69, 9.17) is 14.2 Å². The summed E-state index contributed by atoms with van der Waals surface area (Å²) in [6.45, 7) is 13.6. The summed E-state index contributed by atoms with van der Waals surface area (Å²) in [5.74, 6) is 0. The number of alkyl carbamates (subject to hydrolysis) is 1. The van der Waals surface area contributed by atoms with E-state index in [2.05, 4.69) is 11.9 Å². The van der Waals surface area contributed by atoms with E-state index in [9.17, 15) is 4.79 Å². The number of carbonyl (C=O) groups excluding carboxylic acids is 1. The molecule has 0 fully saturated rings. The van der Waals surface area contributed by atoms with Crippen LogP contribution in [0.5, 0.6) is 0 Å². The molecule has 134 valence electrons. The van der Waals surface area contributed by atoms with Gasteiger partial charge in [0, 0.05) is 6.61 Å². The van der Waals surface area contributed by atoms with Gasteiger partial charge in [0.05, 0.1) is 6.04 Å². The maximum absolute atomic E-state index is 12.2. The van der Waals surface area contributed by atoms with Crippen molar-refractivity contribution in [2.45, 2.75) is 58.7 Å². The summed E-state index contributed by atoms with van der Waals surface area (Å²) < 4.78 is 16.7. The molecule has 0 aliphatic heterocycles. The van der Waals surface area contributed by atoms with Crippen LogP contribution in [0.25, 0.3) is 0 Å². The van der Waals surface area contributed by atoms with E-state index < -0.39 is 30.1 Å². The summed E-state index contributed by atoms with van der Waals surface area (Å²) in [5, 5.41) is 2.88. The Balaban J connectivity index is 2.95. The van der Waals surface area contributed by atoms with Gasteiger partial charge in [-0.25, -0.2) is 4.79 Å². The Kier molecular flexibility index (Phi) is 7.95. The van der Waals surface area contributed by atoms with E-state index in [0.29, 0.717) is 6.61 Å². The molecule has 1 amide bonds. The molecule has 24 heavy (non-hydrogen) atoms. The third kappa shape index (κ3) is 7.15. The van der Waals surface area contributed by atoms with Crippen LogP contribution in [0.4, 0.5) is 4.79 Å². The topological polar surface area (TPSA) is 56.8 Å². The number of nitrogens with one attached hydrogen (secondary N) is 1. The SMILES string of the molecule is C=CC(OC(C)OCC)C(NC(=O)OC(C)(C)C)c1ccccc1. The summed E-state index contributed by atoms with van der Waals surface area (Å²) in [4.78, 5) is 12.2. The normalized spacial score (nSPS) is 15.2. The average Bonchev–Trinajstić information content (AvgIpc) is 2.50. The zero-order valence-electron chi connectivity index (χ0n) is 15.2. The summed E-state index contributed by atoms with van der Waals surface area (Å²) in [5.41, 5.74) is 0.325. The van der Waals surface area contributed by atoms with Gasteiger partial charge in [-0.15, -0.1) is 6.58 Å². The fourth-order valence-corrected chi connectivity index (χ4v) is 2.22. The monoisotopic (exact) mass is 335 g/mol. The van der Waals surface area contributed by atoms with Crippen LogP contribution in [0, 0.1) is 0 Å². The molecule has 0 heterocycles. The molecular weight excluding hydrogens is 306 g/mol. The van der Waals surface area contributed by atoms with Gasteiger partial charge in [0.15, 0.2) is 6.29 Å². The van der Waals surface area contributed by atoms with E-state index in [1.807, 2.05) is 65.0 Å². The zero-order chi connectivity index (χ0) is 18.2. The van der Waals surface area contributed by atoms with Crippen LogP contribution >= 0.6 is 0 Å². The molecule has 5 heteroatoms. The van der Waals surface area contributed by atoms with E-state index >= 15 is 0 Å². The molecule has 0 bridgehead atoms. The lowest BCUT2D eigenvalue weighted by Gasteiger charge is -2.29. The number of benzene rings is 1. The number of hydrogen-bond donors (Lipinski definition) is 1. The molecule has 0 saturated heterocycles. The maximum atomic E-state index is 12.2. The summed E-state index contributed by atoms with van der Waals surface area (Å²) in [6.07, 6.45) is 0.284. The van der Waals surface area contributed by atoms with Crippen molar-refractivity contribution in [2.24, 2.45) is 0 Å². The summed E-state index contributed by atoms with van der Waals surface area (Å²) in [7, 11) is 0. The highest BCUT2D eigenvalue weighted by molar-refractivity contribution is 5.68. The number of rotatable bonds is 8. The minimum Gasteiger partial charge on any atom is -0.444 e. The Hall–Kier alpha value is -1.85. The van der Waals surface area contributed by atoms with Crippen molar-refractivity contribution in [3.05, 3.63) is 48.6 Å². The highest BCUT2D eigenvalue weighted by atomic mass is 16.7. The standard InChI is InChI=1S/C19H29NO4/c1-7-16(23-14(3)22-8-2)17(15-12-10-9-11-13-15)20-18(21)24-19(4,5)6/h7,9-14,16-17H,1,8H2,2-6H3,(H,20,21). The predicted molar refractivity (Wildman–Crippen MR) is 94.7 cm³/mol. The third-order valence-electron chi connectivity index (χ3n) is 3.14. The Morgan fingerprint density at radius 3 is 2.42 bits per heavy atom. The summed E-state index contributed by atoms with van der Waals surface area (Å²) in [6, 6.07) is 9.15. The minimum atomic E-state index is -0.575. The van der Waals surface area contributed by atoms with E-state index in [1.165, 1.54) is 0 Å². The van der Waals surface area contributed by atoms with Crippen LogP contribution < -0.4 is 5.32 Å². The molecule has 1 N–H and O–H groups in total. The molecule has 0 aromatic heterocycles. The Morgan fingerprint density at radius 1 is 1.29 bits per heavy atom. The molecule has 1 aromatic rings. The smallest absolute Gasteiger partial charge is 0.408 e. The Labute approximate surface area is 145 Å². The first-order chi connectivity index (χ1) is 11.3. The fraction of sp³-hybridized carbons (Fsp3) is 0.526. The Morgan fingerprint density at radius 2 is 1.92 bits per heavy atom. The van der Waals surface area contributed by atoms with Gasteiger partial charge in [0.2, 0.25) is 0 Å². The molecule has 0 spiro atoms. The van der Waals surface area contributed by atoms with Crippen LogP contribution in [-0.4, -0.2) is 30.7 Å². The second kappa shape index (κ2) is 9.45. The average molecular weight is 335 g/mol. The summed E-state index contributed by atoms with van der Waals surface area (Å²) >= 11 is 0. The quantitative estimate of drug-likeness (QED) is 0.571. The molecule has 0 aliphatic rings. The van der Waals surface area contributed by atoms with Crippen LogP contribution in [0.2, 0.25) is 0 Å². The molecule has 1 aromatic carbocycles. The van der Waals surface area contributed by atoms with Crippen LogP contribution in [0.3, 0.4) is 0 Å². The van der Waals surface area contributed by atoms with Crippen molar-refractivity contribution in [1.82, 2.24) is 5.32 Å². The molecule has 0 saturated carbocycles. The van der Waals surface area contributed by atoms with Crippen molar-refractivity contribution in [2.75, 3.05) is 6.61 Å². The number of hydrogen-bond acceptors (Lipinski definition) is 4. The fourth-order valence-electron chi connectivity index (χ4n) is 2.22. The lowest BCUT2D eigenvalue weighted by molar-refractivity contribution is -0.152. The van der Waals surface area contributed by atoms with Crippen LogP contribution in [0.1, 0.15) is 46.2 Å². The molecule has 0 aliphatic carbocycles. The molecule has 5 nitrogen and oxygen atoms in total. The van der Waals surface area contributed by atoms with Crippen LogP contribution in [-0.2, 0) is 14.2 Å². The number of amides is 1. The minimum absolute atomic E-state index is 0.412. The lowest BCUT2D eigenvalue weighted by Crippen LogP contribution is -2.41. The van der Waals surface area contributed by atoms with Crippen molar-refractivity contribution >= 4 is 6.09 Å². The second-order valence-corrected chi connectivity index (χ2v) is 6.39. The van der Waals surface area contributed by atoms with Gasteiger partial charge in [0.1, 0.15) is 11.7 Å². The highest BCUT2D eigenvalue weighted by Gasteiger charge is 2.27. The highest BCUT2D eigenvalue weighted by Crippen LogP contribution is 2.22. The predicted octanol–water partition coefficient (Wildman–Crippen LogP) is 4.21. The Bertz CT molecular complexity index is 510. The maximum Gasteiger partial charge on any atom is 0.408 e. The van der Waals surface area contributed by atoms with Gasteiger partial charge in [-0.2, -0.15) is 0 Å². The van der Waals surface area contributed by atoms with Gasteiger partial charge in [-0.1, -0.05) is 36.4 Å². The first kappa shape index (κ1) is 20.2. The molecular formula is C19H29NO4. The number of carbonyl (C=O) groups is 1. The van der Waals surface area contributed by atoms with Gasteiger partial charge in [-0.3, -0.25) is 0 Å². The van der Waals surface area contributed by atoms with Gasteiger partial charge >= 0.3 is 6.09 Å².